The largest absolute Gasteiger partial charge is 0.471 e. The smallest absolute Gasteiger partial charge is 0.259 e. The van der Waals surface area contributed by atoms with E-state index < -0.39 is 0 Å². The highest BCUT2D eigenvalue weighted by molar-refractivity contribution is 5.96. The van der Waals surface area contributed by atoms with Crippen LogP contribution in [0.4, 0.5) is 5.82 Å². The van der Waals surface area contributed by atoms with Crippen LogP contribution in [-0.4, -0.2) is 59.2 Å². The molecule has 2 aromatic rings. The maximum atomic E-state index is 12.6. The zero-order valence-electron chi connectivity index (χ0n) is 14.3. The Labute approximate surface area is 140 Å². The lowest BCUT2D eigenvalue weighted by molar-refractivity contribution is 0.0768. The van der Waals surface area contributed by atoms with Gasteiger partial charge in [-0.2, -0.15) is 4.98 Å². The van der Waals surface area contributed by atoms with Crippen molar-refractivity contribution in [2.24, 2.45) is 0 Å². The minimum atomic E-state index is -0.0962. The van der Waals surface area contributed by atoms with Crippen molar-refractivity contribution in [1.82, 2.24) is 20.0 Å². The van der Waals surface area contributed by atoms with Gasteiger partial charge < -0.3 is 19.1 Å². The van der Waals surface area contributed by atoms with E-state index in [1.807, 2.05) is 19.0 Å². The first-order valence-electron chi connectivity index (χ1n) is 7.84. The summed E-state index contributed by atoms with van der Waals surface area (Å²) in [7, 11) is 3.79. The van der Waals surface area contributed by atoms with Gasteiger partial charge in [0.25, 0.3) is 5.91 Å². The molecule has 8 heteroatoms. The molecule has 1 fully saturated rings. The SMILES string of the molecule is Cc1noc(C)c1C(=O)N1CCC(Oc2cncc(N(C)C)n2)C1. The Morgan fingerprint density at radius 1 is 1.38 bits per heavy atom. The lowest BCUT2D eigenvalue weighted by Gasteiger charge is -2.17. The molecule has 1 atom stereocenters. The van der Waals surface area contributed by atoms with Gasteiger partial charge in [-0.15, -0.1) is 0 Å². The van der Waals surface area contributed by atoms with Crippen LogP contribution in [0.1, 0.15) is 28.2 Å². The molecule has 1 aliphatic rings. The number of nitrogens with zero attached hydrogens (tertiary/aromatic N) is 5. The molecule has 0 radical (unpaired) electrons. The summed E-state index contributed by atoms with van der Waals surface area (Å²) in [5.74, 6) is 1.68. The first-order chi connectivity index (χ1) is 11.5. The molecule has 0 saturated carbocycles. The van der Waals surface area contributed by atoms with E-state index in [-0.39, 0.29) is 12.0 Å². The summed E-state index contributed by atoms with van der Waals surface area (Å²) < 4.78 is 11.0. The molecule has 0 N–H and O–H groups in total. The summed E-state index contributed by atoms with van der Waals surface area (Å²) in [6.45, 7) is 4.67. The van der Waals surface area contributed by atoms with E-state index in [0.717, 1.165) is 12.2 Å². The van der Waals surface area contributed by atoms with Crippen molar-refractivity contribution in [3.05, 3.63) is 29.4 Å². The number of anilines is 1. The number of hydrogen-bond acceptors (Lipinski definition) is 7. The first kappa shape index (κ1) is 16.2. The number of aromatic nitrogens is 3. The van der Waals surface area contributed by atoms with Crippen molar-refractivity contribution >= 4 is 11.7 Å². The fraction of sp³-hybridized carbons (Fsp3) is 0.500. The van der Waals surface area contributed by atoms with Gasteiger partial charge in [0.2, 0.25) is 5.88 Å². The van der Waals surface area contributed by atoms with E-state index in [9.17, 15) is 4.79 Å². The summed E-state index contributed by atoms with van der Waals surface area (Å²) in [4.78, 5) is 24.8. The highest BCUT2D eigenvalue weighted by Crippen LogP contribution is 2.22. The average molecular weight is 331 g/mol. The molecule has 2 aromatic heterocycles. The van der Waals surface area contributed by atoms with Crippen LogP contribution in [0.5, 0.6) is 5.88 Å². The van der Waals surface area contributed by atoms with E-state index >= 15 is 0 Å². The molecule has 1 amide bonds. The van der Waals surface area contributed by atoms with Crippen molar-refractivity contribution in [1.29, 1.82) is 0 Å². The number of rotatable bonds is 4. The summed E-state index contributed by atoms with van der Waals surface area (Å²) >= 11 is 0. The van der Waals surface area contributed by atoms with Gasteiger partial charge in [-0.3, -0.25) is 9.78 Å². The number of carbonyl (C=O) groups is 1. The molecule has 8 nitrogen and oxygen atoms in total. The van der Waals surface area contributed by atoms with Gasteiger partial charge in [-0.1, -0.05) is 5.16 Å². The Kier molecular flexibility index (Phi) is 4.37. The number of likely N-dealkylation sites (tertiary alicyclic amines) is 1. The first-order valence-corrected chi connectivity index (χ1v) is 7.84. The highest BCUT2D eigenvalue weighted by atomic mass is 16.5. The number of aryl methyl sites for hydroxylation is 2. The second kappa shape index (κ2) is 6.46. The molecule has 0 bridgehead atoms. The zero-order valence-corrected chi connectivity index (χ0v) is 14.3. The van der Waals surface area contributed by atoms with Crippen LogP contribution in [0.15, 0.2) is 16.9 Å². The van der Waals surface area contributed by atoms with E-state index in [4.69, 9.17) is 9.26 Å². The van der Waals surface area contributed by atoms with Crippen molar-refractivity contribution in [3.63, 3.8) is 0 Å². The average Bonchev–Trinajstić information content (AvgIpc) is 3.14. The Bertz CT molecular complexity index is 724. The van der Waals surface area contributed by atoms with Crippen LogP contribution < -0.4 is 9.64 Å². The van der Waals surface area contributed by atoms with Crippen LogP contribution in [-0.2, 0) is 0 Å². The molecule has 3 rings (SSSR count). The van der Waals surface area contributed by atoms with Crippen LogP contribution in [0.25, 0.3) is 0 Å². The maximum Gasteiger partial charge on any atom is 0.259 e. The molecule has 1 unspecified atom stereocenters. The molecule has 128 valence electrons. The number of amides is 1. The van der Waals surface area contributed by atoms with Crippen LogP contribution in [0, 0.1) is 13.8 Å². The number of carbonyl (C=O) groups excluding carboxylic acids is 1. The Balaban J connectivity index is 1.65. The van der Waals surface area contributed by atoms with E-state index in [0.29, 0.717) is 36.0 Å². The quantitative estimate of drug-likeness (QED) is 0.838. The minimum Gasteiger partial charge on any atom is -0.471 e. The summed E-state index contributed by atoms with van der Waals surface area (Å²) in [6.07, 6.45) is 3.92. The third kappa shape index (κ3) is 3.17. The molecule has 0 spiro atoms. The van der Waals surface area contributed by atoms with Crippen molar-refractivity contribution in [3.8, 4) is 5.88 Å². The Morgan fingerprint density at radius 3 is 2.83 bits per heavy atom. The summed E-state index contributed by atoms with van der Waals surface area (Å²) in [5, 5.41) is 3.84. The number of ether oxygens (including phenoxy) is 1. The number of hydrogen-bond donors (Lipinski definition) is 0. The van der Waals surface area contributed by atoms with Crippen LogP contribution >= 0.6 is 0 Å². The standard InChI is InChI=1S/C16H21N5O3/c1-10-15(11(2)24-19-10)16(22)21-6-5-12(9-21)23-14-8-17-7-13(18-14)20(3)4/h7-8,12H,5-6,9H2,1-4H3. The normalized spacial score (nSPS) is 17.2. The fourth-order valence-corrected chi connectivity index (χ4v) is 2.74. The highest BCUT2D eigenvalue weighted by Gasteiger charge is 2.31. The van der Waals surface area contributed by atoms with Crippen molar-refractivity contribution < 1.29 is 14.1 Å². The van der Waals surface area contributed by atoms with Gasteiger partial charge in [0.05, 0.1) is 24.6 Å². The lowest BCUT2D eigenvalue weighted by atomic mass is 10.2. The molecule has 3 heterocycles. The Morgan fingerprint density at radius 2 is 2.17 bits per heavy atom. The minimum absolute atomic E-state index is 0.0644. The Hall–Kier alpha value is -2.64. The third-order valence-electron chi connectivity index (χ3n) is 4.02. The second-order valence-corrected chi connectivity index (χ2v) is 6.09. The molecule has 24 heavy (non-hydrogen) atoms. The lowest BCUT2D eigenvalue weighted by Crippen LogP contribution is -2.31. The van der Waals surface area contributed by atoms with Crippen molar-refractivity contribution in [2.45, 2.75) is 26.4 Å². The van der Waals surface area contributed by atoms with E-state index in [1.54, 1.807) is 31.1 Å². The van der Waals surface area contributed by atoms with Gasteiger partial charge in [-0.05, 0) is 13.8 Å². The van der Waals surface area contributed by atoms with Crippen molar-refractivity contribution in [2.75, 3.05) is 32.1 Å². The predicted molar refractivity (Wildman–Crippen MR) is 87.3 cm³/mol. The van der Waals surface area contributed by atoms with Gasteiger partial charge in [0, 0.05) is 27.1 Å². The molecular weight excluding hydrogens is 310 g/mol. The van der Waals surface area contributed by atoms with Gasteiger partial charge in [0.1, 0.15) is 17.4 Å². The summed E-state index contributed by atoms with van der Waals surface area (Å²) in [6, 6.07) is 0. The maximum absolute atomic E-state index is 12.6. The van der Waals surface area contributed by atoms with Crippen LogP contribution in [0.2, 0.25) is 0 Å². The zero-order chi connectivity index (χ0) is 17.3. The molecular formula is C16H21N5O3. The molecule has 1 saturated heterocycles. The fourth-order valence-electron chi connectivity index (χ4n) is 2.74. The summed E-state index contributed by atoms with van der Waals surface area (Å²) in [5.41, 5.74) is 1.16. The molecule has 0 aliphatic carbocycles. The second-order valence-electron chi connectivity index (χ2n) is 6.09. The predicted octanol–water partition coefficient (Wildman–Crippen LogP) is 1.44. The monoisotopic (exact) mass is 331 g/mol. The van der Waals surface area contributed by atoms with Gasteiger partial charge in [-0.25, -0.2) is 0 Å². The van der Waals surface area contributed by atoms with Crippen LogP contribution in [0.3, 0.4) is 0 Å². The van der Waals surface area contributed by atoms with E-state index in [1.165, 1.54) is 0 Å². The topological polar surface area (TPSA) is 84.6 Å². The van der Waals surface area contributed by atoms with E-state index in [2.05, 4.69) is 15.1 Å². The third-order valence-corrected chi connectivity index (χ3v) is 4.02. The molecule has 0 aromatic carbocycles. The van der Waals surface area contributed by atoms with Gasteiger partial charge in [0.15, 0.2) is 5.82 Å². The molecule has 1 aliphatic heterocycles. The van der Waals surface area contributed by atoms with Gasteiger partial charge >= 0.3 is 0 Å².